The molecule has 0 saturated carbocycles. The van der Waals surface area contributed by atoms with Gasteiger partial charge in [0.15, 0.2) is 0 Å². The molecule has 0 bridgehead atoms. The van der Waals surface area contributed by atoms with Gasteiger partial charge in [-0.05, 0) is 23.3 Å². The third-order valence-electron chi connectivity index (χ3n) is 2.90. The number of nitrogens with one attached hydrogen (secondary N) is 1. The molecule has 0 spiro atoms. The zero-order valence-electron chi connectivity index (χ0n) is 10.6. The van der Waals surface area contributed by atoms with Gasteiger partial charge in [-0.15, -0.1) is 0 Å². The van der Waals surface area contributed by atoms with Crippen LogP contribution in [-0.4, -0.2) is 18.7 Å². The molecule has 1 aromatic carbocycles. The summed E-state index contributed by atoms with van der Waals surface area (Å²) in [7, 11) is 0. The highest BCUT2D eigenvalue weighted by molar-refractivity contribution is 5.93. The van der Waals surface area contributed by atoms with Crippen LogP contribution in [0.2, 0.25) is 0 Å². The lowest BCUT2D eigenvalue weighted by Gasteiger charge is -2.14. The third-order valence-corrected chi connectivity index (χ3v) is 2.90. The second-order valence-electron chi connectivity index (χ2n) is 4.43. The highest BCUT2D eigenvalue weighted by Gasteiger charge is 2.32. The van der Waals surface area contributed by atoms with E-state index >= 15 is 0 Å². The van der Waals surface area contributed by atoms with E-state index in [1.807, 2.05) is 0 Å². The summed E-state index contributed by atoms with van der Waals surface area (Å²) in [6.45, 7) is 0.461. The molecule has 1 aliphatic rings. The molecule has 2 rings (SSSR count). The highest BCUT2D eigenvalue weighted by Crippen LogP contribution is 2.31. The van der Waals surface area contributed by atoms with Crippen LogP contribution in [0.4, 0.5) is 13.2 Å². The molecule has 0 saturated heterocycles. The minimum Gasteiger partial charge on any atom is -0.309 e. The van der Waals surface area contributed by atoms with Crippen molar-refractivity contribution in [1.29, 1.82) is 0 Å². The van der Waals surface area contributed by atoms with Gasteiger partial charge in [-0.1, -0.05) is 18.2 Å². The Morgan fingerprint density at radius 2 is 1.95 bits per heavy atom. The Balaban J connectivity index is 1.97. The molecule has 0 atom stereocenters. The summed E-state index contributed by atoms with van der Waals surface area (Å²) in [6.07, 6.45) is -1.04. The van der Waals surface area contributed by atoms with E-state index in [4.69, 9.17) is 0 Å². The van der Waals surface area contributed by atoms with Crippen molar-refractivity contribution in [2.75, 3.05) is 6.54 Å². The molecule has 0 radical (unpaired) electrons. The largest absolute Gasteiger partial charge is 0.416 e. The van der Waals surface area contributed by atoms with Crippen molar-refractivity contribution in [3.8, 4) is 0 Å². The molecule has 1 heterocycles. The molecule has 0 aromatic heterocycles. The number of carbonyl (C=O) groups is 1. The SMILES string of the molecule is O=C1CC(CNCc2ccccc2C(F)(F)F)=CC=N1. The van der Waals surface area contributed by atoms with E-state index in [0.717, 1.165) is 11.6 Å². The van der Waals surface area contributed by atoms with Gasteiger partial charge in [-0.25, -0.2) is 4.99 Å². The zero-order chi connectivity index (χ0) is 14.6. The van der Waals surface area contributed by atoms with Crippen molar-refractivity contribution in [3.05, 3.63) is 47.0 Å². The van der Waals surface area contributed by atoms with Gasteiger partial charge in [0.2, 0.25) is 5.91 Å². The fraction of sp³-hybridized carbons (Fsp3) is 0.286. The van der Waals surface area contributed by atoms with Crippen LogP contribution in [0.5, 0.6) is 0 Å². The van der Waals surface area contributed by atoms with Gasteiger partial charge in [0.05, 0.1) is 12.0 Å². The molecule has 6 heteroatoms. The van der Waals surface area contributed by atoms with E-state index < -0.39 is 11.7 Å². The normalized spacial score (nSPS) is 15.3. The molecular formula is C14H13F3N2O. The maximum absolute atomic E-state index is 12.8. The molecule has 0 unspecified atom stereocenters. The lowest BCUT2D eigenvalue weighted by atomic mass is 10.1. The first-order valence-electron chi connectivity index (χ1n) is 6.07. The minimum atomic E-state index is -4.36. The molecule has 1 aromatic rings. The monoisotopic (exact) mass is 282 g/mol. The van der Waals surface area contributed by atoms with Gasteiger partial charge < -0.3 is 5.32 Å². The number of amides is 1. The van der Waals surface area contributed by atoms with Crippen LogP contribution in [0.25, 0.3) is 0 Å². The Bertz CT molecular complexity index is 562. The minimum absolute atomic E-state index is 0.0956. The van der Waals surface area contributed by atoms with Crippen molar-refractivity contribution >= 4 is 12.1 Å². The summed E-state index contributed by atoms with van der Waals surface area (Å²) in [5.74, 6) is -0.236. The van der Waals surface area contributed by atoms with Crippen LogP contribution in [0, 0.1) is 0 Å². The van der Waals surface area contributed by atoms with E-state index in [9.17, 15) is 18.0 Å². The number of aliphatic imine (C=N–C) groups is 1. The maximum atomic E-state index is 12.8. The molecule has 1 aliphatic heterocycles. The average Bonchev–Trinajstić information content (AvgIpc) is 2.38. The van der Waals surface area contributed by atoms with E-state index in [-0.39, 0.29) is 24.4 Å². The number of halogens is 3. The first-order chi connectivity index (χ1) is 9.47. The van der Waals surface area contributed by atoms with Gasteiger partial charge in [-0.2, -0.15) is 13.2 Å². The predicted octanol–water partition coefficient (Wildman–Crippen LogP) is 2.72. The molecule has 0 fully saturated rings. The van der Waals surface area contributed by atoms with Gasteiger partial charge in [0, 0.05) is 19.3 Å². The Kier molecular flexibility index (Phi) is 4.34. The molecule has 20 heavy (non-hydrogen) atoms. The second-order valence-corrected chi connectivity index (χ2v) is 4.43. The van der Waals surface area contributed by atoms with Crippen molar-refractivity contribution < 1.29 is 18.0 Å². The lowest BCUT2D eigenvalue weighted by molar-refractivity contribution is -0.138. The number of carbonyl (C=O) groups excluding carboxylic acids is 1. The average molecular weight is 282 g/mol. The summed E-state index contributed by atoms with van der Waals surface area (Å²) < 4.78 is 38.3. The number of benzene rings is 1. The number of hydrogen-bond donors (Lipinski definition) is 1. The number of allylic oxidation sites excluding steroid dienone is 1. The summed E-state index contributed by atoms with van der Waals surface area (Å²) in [5.41, 5.74) is 0.369. The quantitative estimate of drug-likeness (QED) is 0.922. The van der Waals surface area contributed by atoms with E-state index in [0.29, 0.717) is 6.54 Å². The fourth-order valence-corrected chi connectivity index (χ4v) is 1.95. The molecule has 0 aliphatic carbocycles. The zero-order valence-corrected chi connectivity index (χ0v) is 10.6. The smallest absolute Gasteiger partial charge is 0.309 e. The van der Waals surface area contributed by atoms with Crippen LogP contribution in [-0.2, 0) is 17.5 Å². The van der Waals surface area contributed by atoms with Crippen LogP contribution in [0.3, 0.4) is 0 Å². The summed E-state index contributed by atoms with van der Waals surface area (Å²) >= 11 is 0. The van der Waals surface area contributed by atoms with Crippen LogP contribution in [0.1, 0.15) is 17.5 Å². The third kappa shape index (κ3) is 3.77. The highest BCUT2D eigenvalue weighted by atomic mass is 19.4. The molecule has 1 amide bonds. The van der Waals surface area contributed by atoms with Crippen molar-refractivity contribution in [2.24, 2.45) is 4.99 Å². The summed E-state index contributed by atoms with van der Waals surface area (Å²) in [4.78, 5) is 14.7. The van der Waals surface area contributed by atoms with Gasteiger partial charge >= 0.3 is 6.18 Å². The lowest BCUT2D eigenvalue weighted by Crippen LogP contribution is -2.21. The fourth-order valence-electron chi connectivity index (χ4n) is 1.95. The molecule has 106 valence electrons. The Morgan fingerprint density at radius 1 is 1.20 bits per heavy atom. The van der Waals surface area contributed by atoms with Crippen LogP contribution in [0.15, 0.2) is 40.9 Å². The molecule has 1 N–H and O–H groups in total. The van der Waals surface area contributed by atoms with Gasteiger partial charge in [0.25, 0.3) is 0 Å². The van der Waals surface area contributed by atoms with Gasteiger partial charge in [-0.3, -0.25) is 4.79 Å². The summed E-state index contributed by atoms with van der Waals surface area (Å²) in [5, 5.41) is 2.92. The van der Waals surface area contributed by atoms with E-state index in [1.54, 1.807) is 12.1 Å². The summed E-state index contributed by atoms with van der Waals surface area (Å²) in [6, 6.07) is 5.44. The molecule has 3 nitrogen and oxygen atoms in total. The topological polar surface area (TPSA) is 41.5 Å². The molecular weight excluding hydrogens is 269 g/mol. The second kappa shape index (κ2) is 6.00. The van der Waals surface area contributed by atoms with Gasteiger partial charge in [0.1, 0.15) is 0 Å². The standard InChI is InChI=1S/C14H13F3N2O/c15-14(16,17)12-4-2-1-3-11(12)9-18-8-10-5-6-19-13(20)7-10/h1-6,18H,7-9H2. The first kappa shape index (κ1) is 14.5. The maximum Gasteiger partial charge on any atom is 0.416 e. The van der Waals surface area contributed by atoms with Crippen molar-refractivity contribution in [1.82, 2.24) is 5.32 Å². The number of rotatable bonds is 4. The van der Waals surface area contributed by atoms with E-state index in [2.05, 4.69) is 10.3 Å². The number of hydrogen-bond acceptors (Lipinski definition) is 2. The van der Waals surface area contributed by atoms with Crippen LogP contribution >= 0.6 is 0 Å². The van der Waals surface area contributed by atoms with Crippen LogP contribution < -0.4 is 5.32 Å². The number of dihydropyridines is 1. The Hall–Kier alpha value is -1.95. The van der Waals surface area contributed by atoms with E-state index in [1.165, 1.54) is 18.3 Å². The van der Waals surface area contributed by atoms with Crippen molar-refractivity contribution in [3.63, 3.8) is 0 Å². The first-order valence-corrected chi connectivity index (χ1v) is 6.07. The predicted molar refractivity (Wildman–Crippen MR) is 69.3 cm³/mol. The Labute approximate surface area is 114 Å². The number of nitrogens with zero attached hydrogens (tertiary/aromatic N) is 1. The Morgan fingerprint density at radius 3 is 2.65 bits per heavy atom. The van der Waals surface area contributed by atoms with Crippen molar-refractivity contribution in [2.45, 2.75) is 19.1 Å². The number of alkyl halides is 3.